The van der Waals surface area contributed by atoms with Gasteiger partial charge in [-0.1, -0.05) is 25.0 Å². The Kier molecular flexibility index (Phi) is 4.84. The molecule has 0 aliphatic heterocycles. The molecule has 23 heavy (non-hydrogen) atoms. The Morgan fingerprint density at radius 2 is 1.70 bits per heavy atom. The van der Waals surface area contributed by atoms with E-state index in [1.807, 2.05) is 31.2 Å². The molecule has 5 nitrogen and oxygen atoms in total. The van der Waals surface area contributed by atoms with E-state index in [1.54, 1.807) is 0 Å². The van der Waals surface area contributed by atoms with E-state index in [2.05, 4.69) is 16.0 Å². The second-order valence-corrected chi connectivity index (χ2v) is 6.71. The second-order valence-electron chi connectivity index (χ2n) is 6.71. The van der Waals surface area contributed by atoms with E-state index >= 15 is 0 Å². The topological polar surface area (TPSA) is 70.2 Å². The summed E-state index contributed by atoms with van der Waals surface area (Å²) >= 11 is 0. The third kappa shape index (κ3) is 4.47. The predicted octanol–water partition coefficient (Wildman–Crippen LogP) is 3.34. The van der Waals surface area contributed by atoms with Crippen molar-refractivity contribution in [2.75, 3.05) is 5.32 Å². The minimum absolute atomic E-state index is 0.0652. The van der Waals surface area contributed by atoms with Gasteiger partial charge in [0.2, 0.25) is 5.91 Å². The lowest BCUT2D eigenvalue weighted by Gasteiger charge is -2.18. The Balaban J connectivity index is 1.49. The van der Waals surface area contributed by atoms with E-state index in [1.165, 1.54) is 12.8 Å². The van der Waals surface area contributed by atoms with Crippen LogP contribution in [0.2, 0.25) is 0 Å². The summed E-state index contributed by atoms with van der Waals surface area (Å²) in [5.41, 5.74) is 1.84. The highest BCUT2D eigenvalue weighted by atomic mass is 16.2. The van der Waals surface area contributed by atoms with Gasteiger partial charge in [0.05, 0.1) is 6.04 Å². The fourth-order valence-corrected chi connectivity index (χ4v) is 3.02. The molecule has 124 valence electrons. The Morgan fingerprint density at radius 1 is 1.04 bits per heavy atom. The van der Waals surface area contributed by atoms with Gasteiger partial charge in [-0.15, -0.1) is 0 Å². The van der Waals surface area contributed by atoms with Crippen LogP contribution in [0.4, 0.5) is 10.5 Å². The van der Waals surface area contributed by atoms with Crippen LogP contribution in [0.25, 0.3) is 0 Å². The molecule has 3 amide bonds. The molecule has 2 fully saturated rings. The van der Waals surface area contributed by atoms with E-state index in [0.717, 1.165) is 36.9 Å². The minimum atomic E-state index is -0.101. The molecule has 3 N–H and O–H groups in total. The molecule has 0 aromatic heterocycles. The van der Waals surface area contributed by atoms with Gasteiger partial charge in [0, 0.05) is 17.6 Å². The number of carbonyl (C=O) groups excluding carboxylic acids is 2. The fraction of sp³-hybridized carbons (Fsp3) is 0.556. The Hall–Kier alpha value is -2.04. The van der Waals surface area contributed by atoms with E-state index in [0.29, 0.717) is 6.04 Å². The number of carbonyl (C=O) groups is 2. The minimum Gasteiger partial charge on any atom is -0.335 e. The number of hydrogen-bond acceptors (Lipinski definition) is 2. The number of urea groups is 1. The smallest absolute Gasteiger partial charge is 0.315 e. The Labute approximate surface area is 137 Å². The summed E-state index contributed by atoms with van der Waals surface area (Å²) in [7, 11) is 0. The summed E-state index contributed by atoms with van der Waals surface area (Å²) in [5.74, 6) is 0.314. The second kappa shape index (κ2) is 7.02. The Bertz CT molecular complexity index is 560. The quantitative estimate of drug-likeness (QED) is 0.780. The first-order chi connectivity index (χ1) is 11.1. The molecule has 1 aromatic carbocycles. The molecule has 0 bridgehead atoms. The number of hydrogen-bond donors (Lipinski definition) is 3. The van der Waals surface area contributed by atoms with Gasteiger partial charge in [0.1, 0.15) is 0 Å². The van der Waals surface area contributed by atoms with Gasteiger partial charge in [-0.05, 0) is 50.3 Å². The molecule has 0 heterocycles. The zero-order chi connectivity index (χ0) is 16.2. The molecule has 0 saturated heterocycles. The van der Waals surface area contributed by atoms with Crippen molar-refractivity contribution in [2.24, 2.45) is 5.92 Å². The van der Waals surface area contributed by atoms with Crippen LogP contribution >= 0.6 is 0 Å². The molecule has 5 heteroatoms. The van der Waals surface area contributed by atoms with Gasteiger partial charge in [0.15, 0.2) is 0 Å². The maximum atomic E-state index is 12.0. The standard InChI is InChI=1S/C18H25N3O2/c1-12(19-18(23)21-15-4-2-3-5-15)13-8-10-16(11-9-13)20-17(22)14-6-7-14/h8-12,14-15H,2-7H2,1H3,(H,20,22)(H2,19,21,23)/t12-/m1/s1. The first-order valence-corrected chi connectivity index (χ1v) is 8.59. The predicted molar refractivity (Wildman–Crippen MR) is 90.1 cm³/mol. The van der Waals surface area contributed by atoms with Crippen molar-refractivity contribution < 1.29 is 9.59 Å². The fourth-order valence-electron chi connectivity index (χ4n) is 3.02. The lowest BCUT2D eigenvalue weighted by molar-refractivity contribution is -0.117. The van der Waals surface area contributed by atoms with Gasteiger partial charge in [-0.25, -0.2) is 4.79 Å². The number of rotatable bonds is 5. The lowest BCUT2D eigenvalue weighted by Crippen LogP contribution is -2.41. The van der Waals surface area contributed by atoms with E-state index in [-0.39, 0.29) is 23.9 Å². The van der Waals surface area contributed by atoms with Crippen molar-refractivity contribution in [3.05, 3.63) is 29.8 Å². The summed E-state index contributed by atoms with van der Waals surface area (Å²) in [6, 6.07) is 7.83. The van der Waals surface area contributed by atoms with E-state index in [4.69, 9.17) is 0 Å². The molecule has 0 unspecified atom stereocenters. The maximum Gasteiger partial charge on any atom is 0.315 e. The zero-order valence-electron chi connectivity index (χ0n) is 13.6. The van der Waals surface area contributed by atoms with Gasteiger partial charge in [-0.3, -0.25) is 4.79 Å². The van der Waals surface area contributed by atoms with Crippen LogP contribution in [-0.2, 0) is 4.79 Å². The molecule has 2 aliphatic carbocycles. The van der Waals surface area contributed by atoms with Gasteiger partial charge in [0.25, 0.3) is 0 Å². The molecule has 2 aliphatic rings. The molecule has 0 spiro atoms. The third-order valence-electron chi connectivity index (χ3n) is 4.66. The molecule has 0 radical (unpaired) electrons. The van der Waals surface area contributed by atoms with Crippen LogP contribution in [0.15, 0.2) is 24.3 Å². The lowest BCUT2D eigenvalue weighted by atomic mass is 10.1. The van der Waals surface area contributed by atoms with E-state index in [9.17, 15) is 9.59 Å². The molecule has 2 saturated carbocycles. The van der Waals surface area contributed by atoms with Crippen molar-refractivity contribution in [1.82, 2.24) is 10.6 Å². The average molecular weight is 315 g/mol. The molecule has 1 aromatic rings. The highest BCUT2D eigenvalue weighted by Gasteiger charge is 2.29. The van der Waals surface area contributed by atoms with Crippen molar-refractivity contribution >= 4 is 17.6 Å². The van der Waals surface area contributed by atoms with Crippen molar-refractivity contribution in [3.8, 4) is 0 Å². The normalized spacial score (nSPS) is 19.2. The monoisotopic (exact) mass is 315 g/mol. The van der Waals surface area contributed by atoms with Crippen molar-refractivity contribution in [3.63, 3.8) is 0 Å². The third-order valence-corrected chi connectivity index (χ3v) is 4.66. The van der Waals surface area contributed by atoms with Crippen molar-refractivity contribution in [2.45, 2.75) is 57.5 Å². The first-order valence-electron chi connectivity index (χ1n) is 8.59. The van der Waals surface area contributed by atoms with Crippen molar-refractivity contribution in [1.29, 1.82) is 0 Å². The van der Waals surface area contributed by atoms with Crippen LogP contribution in [0.5, 0.6) is 0 Å². The summed E-state index contributed by atoms with van der Waals surface area (Å²) in [5, 5.41) is 8.92. The van der Waals surface area contributed by atoms with Crippen LogP contribution in [0.3, 0.4) is 0 Å². The maximum absolute atomic E-state index is 12.0. The van der Waals surface area contributed by atoms with Gasteiger partial charge in [-0.2, -0.15) is 0 Å². The van der Waals surface area contributed by atoms with Crippen LogP contribution in [0.1, 0.15) is 57.1 Å². The van der Waals surface area contributed by atoms with Gasteiger partial charge < -0.3 is 16.0 Å². The number of amides is 3. The summed E-state index contributed by atoms with van der Waals surface area (Å²) in [6.45, 7) is 1.96. The SMILES string of the molecule is C[C@@H](NC(=O)NC1CCCC1)c1ccc(NC(=O)C2CC2)cc1. The summed E-state index contributed by atoms with van der Waals surface area (Å²) < 4.78 is 0. The van der Waals surface area contributed by atoms with E-state index < -0.39 is 0 Å². The zero-order valence-corrected chi connectivity index (χ0v) is 13.6. The Morgan fingerprint density at radius 3 is 2.30 bits per heavy atom. The molecule has 1 atom stereocenters. The first kappa shape index (κ1) is 15.8. The number of anilines is 1. The molecule has 3 rings (SSSR count). The largest absolute Gasteiger partial charge is 0.335 e. The number of benzene rings is 1. The molecular weight excluding hydrogens is 290 g/mol. The van der Waals surface area contributed by atoms with Crippen LogP contribution in [-0.4, -0.2) is 18.0 Å². The number of nitrogens with one attached hydrogen (secondary N) is 3. The van der Waals surface area contributed by atoms with Gasteiger partial charge >= 0.3 is 6.03 Å². The summed E-state index contributed by atoms with van der Waals surface area (Å²) in [6.07, 6.45) is 6.57. The van der Waals surface area contributed by atoms with Crippen LogP contribution < -0.4 is 16.0 Å². The highest BCUT2D eigenvalue weighted by Crippen LogP contribution is 2.30. The highest BCUT2D eigenvalue weighted by molar-refractivity contribution is 5.94. The molecular formula is C18H25N3O2. The average Bonchev–Trinajstić information content (AvgIpc) is 3.27. The van der Waals surface area contributed by atoms with Crippen LogP contribution in [0, 0.1) is 5.92 Å². The summed E-state index contributed by atoms with van der Waals surface area (Å²) in [4.78, 5) is 23.7.